The monoisotopic (exact) mass is 261 g/mol. The van der Waals surface area contributed by atoms with Crippen LogP contribution in [0.1, 0.15) is 24.8 Å². The van der Waals surface area contributed by atoms with Crippen LogP contribution in [0.15, 0.2) is 41.8 Å². The van der Waals surface area contributed by atoms with E-state index in [1.54, 1.807) is 18.4 Å². The molecule has 0 aliphatic rings. The molecule has 2 rings (SSSR count). The van der Waals surface area contributed by atoms with Gasteiger partial charge in [-0.25, -0.2) is 0 Å². The summed E-state index contributed by atoms with van der Waals surface area (Å²) in [6.45, 7) is 4.46. The highest BCUT2D eigenvalue weighted by Crippen LogP contribution is 2.33. The highest BCUT2D eigenvalue weighted by Gasteiger charge is 2.17. The summed E-state index contributed by atoms with van der Waals surface area (Å²) in [4.78, 5) is 1.36. The van der Waals surface area contributed by atoms with E-state index in [-0.39, 0.29) is 0 Å². The molecule has 0 bridgehead atoms. The molecule has 1 N–H and O–H groups in total. The summed E-state index contributed by atoms with van der Waals surface area (Å²) < 4.78 is 5.38. The Labute approximate surface area is 113 Å². The molecule has 2 aromatic rings. The summed E-state index contributed by atoms with van der Waals surface area (Å²) in [6.07, 6.45) is 0. The van der Waals surface area contributed by atoms with Crippen molar-refractivity contribution in [3.63, 3.8) is 0 Å². The van der Waals surface area contributed by atoms with Crippen molar-refractivity contribution in [1.82, 2.24) is 0 Å². The first-order valence-electron chi connectivity index (χ1n) is 6.15. The third-order valence-electron chi connectivity index (χ3n) is 2.93. The molecule has 3 heteroatoms. The Hall–Kier alpha value is -1.48. The van der Waals surface area contributed by atoms with Crippen molar-refractivity contribution in [1.29, 1.82) is 0 Å². The average molecular weight is 261 g/mol. The molecule has 2 nitrogen and oxygen atoms in total. The number of hydrogen-bond acceptors (Lipinski definition) is 3. The third kappa shape index (κ3) is 2.85. The van der Waals surface area contributed by atoms with Gasteiger partial charge >= 0.3 is 0 Å². The molecule has 0 saturated heterocycles. The van der Waals surface area contributed by atoms with Gasteiger partial charge in [-0.05, 0) is 29.5 Å². The number of methoxy groups -OCH3 is 1. The molecule has 0 saturated carbocycles. The molecule has 96 valence electrons. The SMILES string of the molecule is COc1ccccc1NC(c1cccs1)C(C)C. The minimum absolute atomic E-state index is 0.321. The van der Waals surface area contributed by atoms with Crippen LogP contribution in [-0.4, -0.2) is 7.11 Å². The van der Waals surface area contributed by atoms with Crippen molar-refractivity contribution >= 4 is 17.0 Å². The quantitative estimate of drug-likeness (QED) is 0.851. The Morgan fingerprint density at radius 2 is 1.89 bits per heavy atom. The highest BCUT2D eigenvalue weighted by atomic mass is 32.1. The predicted octanol–water partition coefficient (Wildman–Crippen LogP) is 4.57. The van der Waals surface area contributed by atoms with Crippen molar-refractivity contribution in [3.8, 4) is 5.75 Å². The van der Waals surface area contributed by atoms with Gasteiger partial charge in [0, 0.05) is 4.88 Å². The minimum Gasteiger partial charge on any atom is -0.495 e. The first-order chi connectivity index (χ1) is 8.72. The molecule has 1 heterocycles. The number of benzene rings is 1. The fourth-order valence-electron chi connectivity index (χ4n) is 1.97. The smallest absolute Gasteiger partial charge is 0.141 e. The lowest BCUT2D eigenvalue weighted by Gasteiger charge is -2.23. The fourth-order valence-corrected chi connectivity index (χ4v) is 2.92. The third-order valence-corrected chi connectivity index (χ3v) is 3.89. The van der Waals surface area contributed by atoms with E-state index in [4.69, 9.17) is 4.74 Å². The van der Waals surface area contributed by atoms with Gasteiger partial charge in [-0.1, -0.05) is 32.0 Å². The van der Waals surface area contributed by atoms with Crippen LogP contribution in [0.4, 0.5) is 5.69 Å². The van der Waals surface area contributed by atoms with E-state index in [0.29, 0.717) is 12.0 Å². The maximum atomic E-state index is 5.38. The van der Waals surface area contributed by atoms with E-state index in [0.717, 1.165) is 11.4 Å². The standard InChI is InChI=1S/C15H19NOS/c1-11(2)15(14-9-6-10-18-14)16-12-7-4-5-8-13(12)17-3/h4-11,15-16H,1-3H3. The second-order valence-corrected chi connectivity index (χ2v) is 5.56. The molecule has 0 aliphatic heterocycles. The van der Waals surface area contributed by atoms with Crippen LogP contribution in [0, 0.1) is 5.92 Å². The average Bonchev–Trinajstić information content (AvgIpc) is 2.89. The summed E-state index contributed by atoms with van der Waals surface area (Å²) in [6, 6.07) is 12.6. The molecule has 18 heavy (non-hydrogen) atoms. The van der Waals surface area contributed by atoms with Gasteiger partial charge in [-0.3, -0.25) is 0 Å². The van der Waals surface area contributed by atoms with Gasteiger partial charge in [0.05, 0.1) is 18.8 Å². The molecular formula is C15H19NOS. The van der Waals surface area contributed by atoms with Crippen LogP contribution in [0.2, 0.25) is 0 Å². The fraction of sp³-hybridized carbons (Fsp3) is 0.333. The van der Waals surface area contributed by atoms with E-state index in [1.807, 2.05) is 18.2 Å². The van der Waals surface area contributed by atoms with Crippen LogP contribution in [-0.2, 0) is 0 Å². The highest BCUT2D eigenvalue weighted by molar-refractivity contribution is 7.10. The number of anilines is 1. The topological polar surface area (TPSA) is 21.3 Å². The van der Waals surface area contributed by atoms with Crippen LogP contribution >= 0.6 is 11.3 Å². The Kier molecular flexibility index (Phi) is 4.26. The molecule has 1 atom stereocenters. The van der Waals surface area contributed by atoms with Gasteiger partial charge in [-0.2, -0.15) is 0 Å². The zero-order valence-electron chi connectivity index (χ0n) is 11.0. The van der Waals surface area contributed by atoms with E-state index < -0.39 is 0 Å². The summed E-state index contributed by atoms with van der Waals surface area (Å²) in [5.41, 5.74) is 1.05. The van der Waals surface area contributed by atoms with Crippen molar-refractivity contribution in [2.75, 3.05) is 12.4 Å². The lowest BCUT2D eigenvalue weighted by Crippen LogP contribution is -2.16. The van der Waals surface area contributed by atoms with Crippen molar-refractivity contribution in [3.05, 3.63) is 46.7 Å². The van der Waals surface area contributed by atoms with Gasteiger partial charge in [0.1, 0.15) is 5.75 Å². The van der Waals surface area contributed by atoms with Gasteiger partial charge in [0.15, 0.2) is 0 Å². The lowest BCUT2D eigenvalue weighted by atomic mass is 10.0. The normalized spacial score (nSPS) is 12.4. The predicted molar refractivity (Wildman–Crippen MR) is 78.5 cm³/mol. The number of hydrogen-bond donors (Lipinski definition) is 1. The van der Waals surface area contributed by atoms with Crippen LogP contribution in [0.3, 0.4) is 0 Å². The van der Waals surface area contributed by atoms with Crippen LogP contribution < -0.4 is 10.1 Å². The Morgan fingerprint density at radius 3 is 2.50 bits per heavy atom. The minimum atomic E-state index is 0.321. The molecule has 1 aromatic heterocycles. The number of ether oxygens (including phenoxy) is 1. The summed E-state index contributed by atoms with van der Waals surface area (Å²) in [7, 11) is 1.70. The van der Waals surface area contributed by atoms with E-state index in [1.165, 1.54) is 4.88 Å². The van der Waals surface area contributed by atoms with Gasteiger partial charge in [0.25, 0.3) is 0 Å². The van der Waals surface area contributed by atoms with Crippen LogP contribution in [0.25, 0.3) is 0 Å². The van der Waals surface area contributed by atoms with Gasteiger partial charge in [0.2, 0.25) is 0 Å². The first-order valence-corrected chi connectivity index (χ1v) is 7.03. The van der Waals surface area contributed by atoms with Crippen molar-refractivity contribution in [2.45, 2.75) is 19.9 Å². The molecule has 0 radical (unpaired) electrons. The van der Waals surface area contributed by atoms with E-state index in [2.05, 4.69) is 42.7 Å². The number of thiophene rings is 1. The van der Waals surface area contributed by atoms with Crippen molar-refractivity contribution in [2.24, 2.45) is 5.92 Å². The lowest BCUT2D eigenvalue weighted by molar-refractivity contribution is 0.415. The summed E-state index contributed by atoms with van der Waals surface area (Å²) >= 11 is 1.79. The molecule has 0 amide bonds. The van der Waals surface area contributed by atoms with Crippen molar-refractivity contribution < 1.29 is 4.74 Å². The number of nitrogens with one attached hydrogen (secondary N) is 1. The zero-order chi connectivity index (χ0) is 13.0. The molecule has 1 aromatic carbocycles. The molecule has 0 aliphatic carbocycles. The first kappa shape index (κ1) is 13.0. The molecule has 1 unspecified atom stereocenters. The number of para-hydroxylation sites is 2. The molecular weight excluding hydrogens is 242 g/mol. The largest absolute Gasteiger partial charge is 0.495 e. The maximum Gasteiger partial charge on any atom is 0.141 e. The summed E-state index contributed by atoms with van der Waals surface area (Å²) in [5.74, 6) is 1.41. The second-order valence-electron chi connectivity index (χ2n) is 4.58. The van der Waals surface area contributed by atoms with E-state index >= 15 is 0 Å². The molecule has 0 spiro atoms. The zero-order valence-corrected chi connectivity index (χ0v) is 11.8. The maximum absolute atomic E-state index is 5.38. The Bertz CT molecular complexity index is 479. The second kappa shape index (κ2) is 5.91. The molecule has 0 fully saturated rings. The number of rotatable bonds is 5. The summed E-state index contributed by atoms with van der Waals surface area (Å²) in [5, 5.41) is 5.71. The van der Waals surface area contributed by atoms with Crippen LogP contribution in [0.5, 0.6) is 5.75 Å². The Morgan fingerprint density at radius 1 is 1.11 bits per heavy atom. The van der Waals surface area contributed by atoms with E-state index in [9.17, 15) is 0 Å². The van der Waals surface area contributed by atoms with Gasteiger partial charge < -0.3 is 10.1 Å². The van der Waals surface area contributed by atoms with Gasteiger partial charge in [-0.15, -0.1) is 11.3 Å². The Balaban J connectivity index is 2.24.